The molecule has 0 saturated carbocycles. The summed E-state index contributed by atoms with van der Waals surface area (Å²) < 4.78 is 16.5. The molecule has 0 fully saturated rings. The first-order chi connectivity index (χ1) is 19.0. The van der Waals surface area contributed by atoms with Gasteiger partial charge in [0, 0.05) is 18.0 Å². The normalized spacial score (nSPS) is 12.2. The molecule has 39 heavy (non-hydrogen) atoms. The molecule has 6 aromatic rings. The lowest BCUT2D eigenvalue weighted by Gasteiger charge is -2.26. The fourth-order valence-electron chi connectivity index (χ4n) is 4.82. The number of benzene rings is 3. The fourth-order valence-corrected chi connectivity index (χ4v) is 4.82. The van der Waals surface area contributed by atoms with E-state index in [4.69, 9.17) is 4.98 Å². The molecule has 3 heterocycles. The second-order valence-electron chi connectivity index (χ2n) is 9.50. The summed E-state index contributed by atoms with van der Waals surface area (Å²) in [5, 5.41) is 4.14. The van der Waals surface area contributed by atoms with Crippen molar-refractivity contribution < 1.29 is 4.39 Å². The van der Waals surface area contributed by atoms with Crippen molar-refractivity contribution >= 4 is 27.6 Å². The zero-order valence-corrected chi connectivity index (χ0v) is 21.3. The fraction of sp³-hybridized carbons (Fsp3) is 0.133. The van der Waals surface area contributed by atoms with Gasteiger partial charge in [0.1, 0.15) is 30.1 Å². The van der Waals surface area contributed by atoms with E-state index in [2.05, 4.69) is 25.3 Å². The molecule has 3 aromatic heterocycles. The quantitative estimate of drug-likeness (QED) is 0.301. The van der Waals surface area contributed by atoms with Crippen LogP contribution in [0.4, 0.5) is 10.2 Å². The topological polar surface area (TPSA) is 98.5 Å². The van der Waals surface area contributed by atoms with Gasteiger partial charge in [-0.2, -0.15) is 0 Å². The lowest BCUT2D eigenvalue weighted by molar-refractivity contribution is 0.509. The van der Waals surface area contributed by atoms with Crippen LogP contribution in [-0.2, 0) is 0 Å². The number of hydrogen-bond donors (Lipinski definition) is 1. The van der Waals surface area contributed by atoms with E-state index in [9.17, 15) is 9.18 Å². The molecule has 0 bridgehead atoms. The average Bonchev–Trinajstić information content (AvgIpc) is 2.96. The molecule has 3 aromatic carbocycles. The van der Waals surface area contributed by atoms with Crippen LogP contribution in [0.1, 0.15) is 25.7 Å². The first-order valence-electron chi connectivity index (χ1n) is 12.5. The van der Waals surface area contributed by atoms with Gasteiger partial charge in [0.25, 0.3) is 5.56 Å². The van der Waals surface area contributed by atoms with E-state index < -0.39 is 11.9 Å². The van der Waals surface area contributed by atoms with Gasteiger partial charge in [-0.25, -0.2) is 29.3 Å². The predicted octanol–water partition coefficient (Wildman–Crippen LogP) is 5.73. The minimum atomic E-state index is -0.497. The SMILES string of the molecule is CC(C)C(Nc1ncnc2cccc(F)c12)c1nc2cccc(-c3cncnc3)c2c(=O)n1-c1ccccc1. The van der Waals surface area contributed by atoms with Crippen molar-refractivity contribution in [2.75, 3.05) is 5.32 Å². The van der Waals surface area contributed by atoms with Crippen LogP contribution in [0.15, 0.2) is 96.6 Å². The Kier molecular flexibility index (Phi) is 6.24. The standard InChI is InChI=1S/C30H24FN7O/c1-18(2)27(37-28-26-22(31)11-7-12-23(26)34-17-35-28)29-36-24-13-6-10-21(19-14-32-16-33-15-19)25(24)30(39)38(29)20-8-4-3-5-9-20/h3-18,27H,1-2H3,(H,34,35,37). The van der Waals surface area contributed by atoms with Gasteiger partial charge in [-0.1, -0.05) is 50.2 Å². The Morgan fingerprint density at radius 3 is 2.33 bits per heavy atom. The molecule has 0 saturated heterocycles. The Bertz CT molecular complexity index is 1850. The molecule has 0 aliphatic heterocycles. The number of aromatic nitrogens is 6. The maximum atomic E-state index is 14.9. The van der Waals surface area contributed by atoms with Gasteiger partial charge in [0.2, 0.25) is 0 Å². The number of nitrogens with one attached hydrogen (secondary N) is 1. The predicted molar refractivity (Wildman–Crippen MR) is 149 cm³/mol. The monoisotopic (exact) mass is 517 g/mol. The number of fused-ring (bicyclic) bond motifs is 2. The van der Waals surface area contributed by atoms with Gasteiger partial charge < -0.3 is 5.32 Å². The summed E-state index contributed by atoms with van der Waals surface area (Å²) in [6, 6.07) is 19.1. The van der Waals surface area contributed by atoms with Crippen molar-refractivity contribution in [1.82, 2.24) is 29.5 Å². The first kappa shape index (κ1) is 24.3. The minimum Gasteiger partial charge on any atom is -0.359 e. The summed E-state index contributed by atoms with van der Waals surface area (Å²) in [7, 11) is 0. The van der Waals surface area contributed by atoms with Gasteiger partial charge in [-0.05, 0) is 41.8 Å². The Hall–Kier alpha value is -5.05. The van der Waals surface area contributed by atoms with Crippen LogP contribution >= 0.6 is 0 Å². The molecule has 1 N–H and O–H groups in total. The molecule has 8 nitrogen and oxygen atoms in total. The van der Waals surface area contributed by atoms with Gasteiger partial charge in [0.05, 0.1) is 33.5 Å². The van der Waals surface area contributed by atoms with Crippen molar-refractivity contribution in [1.29, 1.82) is 0 Å². The van der Waals surface area contributed by atoms with Gasteiger partial charge in [-0.3, -0.25) is 9.36 Å². The van der Waals surface area contributed by atoms with E-state index in [-0.39, 0.29) is 16.9 Å². The molecule has 1 atom stereocenters. The maximum absolute atomic E-state index is 14.9. The minimum absolute atomic E-state index is 0.0493. The molecular weight excluding hydrogens is 493 g/mol. The van der Waals surface area contributed by atoms with Crippen LogP contribution in [0, 0.1) is 11.7 Å². The van der Waals surface area contributed by atoms with Gasteiger partial charge in [-0.15, -0.1) is 0 Å². The van der Waals surface area contributed by atoms with Crippen molar-refractivity contribution in [2.24, 2.45) is 5.92 Å². The van der Waals surface area contributed by atoms with E-state index in [0.717, 1.165) is 5.56 Å². The Morgan fingerprint density at radius 1 is 0.821 bits per heavy atom. The number of hydrogen-bond acceptors (Lipinski definition) is 7. The molecule has 0 aliphatic carbocycles. The highest BCUT2D eigenvalue weighted by molar-refractivity contribution is 5.94. The summed E-state index contributed by atoms with van der Waals surface area (Å²) in [6.07, 6.45) is 6.20. The number of anilines is 1. The molecule has 1 unspecified atom stereocenters. The molecule has 0 amide bonds. The Morgan fingerprint density at radius 2 is 1.56 bits per heavy atom. The lowest BCUT2D eigenvalue weighted by Crippen LogP contribution is -2.31. The van der Waals surface area contributed by atoms with Gasteiger partial charge >= 0.3 is 0 Å². The van der Waals surface area contributed by atoms with Crippen molar-refractivity contribution in [3.8, 4) is 16.8 Å². The summed E-state index contributed by atoms with van der Waals surface area (Å²) in [5.74, 6) is 0.339. The third-order valence-electron chi connectivity index (χ3n) is 6.66. The van der Waals surface area contributed by atoms with Crippen LogP contribution in [0.25, 0.3) is 38.6 Å². The highest BCUT2D eigenvalue weighted by Crippen LogP contribution is 2.32. The molecule has 0 aliphatic rings. The second-order valence-corrected chi connectivity index (χ2v) is 9.50. The smallest absolute Gasteiger partial charge is 0.266 e. The van der Waals surface area contributed by atoms with Crippen molar-refractivity contribution in [3.05, 3.63) is 114 Å². The van der Waals surface area contributed by atoms with Crippen LogP contribution in [0.5, 0.6) is 0 Å². The molecule has 0 spiro atoms. The highest BCUT2D eigenvalue weighted by atomic mass is 19.1. The molecule has 0 radical (unpaired) electrons. The maximum Gasteiger partial charge on any atom is 0.266 e. The van der Waals surface area contributed by atoms with Crippen LogP contribution in [-0.4, -0.2) is 29.5 Å². The summed E-state index contributed by atoms with van der Waals surface area (Å²) in [6.45, 7) is 4.03. The zero-order valence-electron chi connectivity index (χ0n) is 21.3. The Balaban J connectivity index is 1.62. The summed E-state index contributed by atoms with van der Waals surface area (Å²) in [4.78, 5) is 36.2. The third kappa shape index (κ3) is 4.37. The van der Waals surface area contributed by atoms with E-state index in [1.165, 1.54) is 18.7 Å². The first-order valence-corrected chi connectivity index (χ1v) is 12.5. The van der Waals surface area contributed by atoms with E-state index in [1.807, 2.05) is 62.4 Å². The molecule has 9 heteroatoms. The van der Waals surface area contributed by atoms with E-state index in [1.54, 1.807) is 29.1 Å². The van der Waals surface area contributed by atoms with Crippen LogP contribution < -0.4 is 10.9 Å². The number of para-hydroxylation sites is 1. The van der Waals surface area contributed by atoms with Crippen molar-refractivity contribution in [3.63, 3.8) is 0 Å². The van der Waals surface area contributed by atoms with Gasteiger partial charge in [0.15, 0.2) is 0 Å². The number of rotatable bonds is 6. The largest absolute Gasteiger partial charge is 0.359 e. The summed E-state index contributed by atoms with van der Waals surface area (Å²) in [5.41, 5.74) is 2.87. The van der Waals surface area contributed by atoms with Crippen LogP contribution in [0.2, 0.25) is 0 Å². The van der Waals surface area contributed by atoms with E-state index >= 15 is 0 Å². The summed E-state index contributed by atoms with van der Waals surface area (Å²) >= 11 is 0. The molecule has 6 rings (SSSR count). The average molecular weight is 518 g/mol. The lowest BCUT2D eigenvalue weighted by atomic mass is 10.0. The van der Waals surface area contributed by atoms with E-state index in [0.29, 0.717) is 39.3 Å². The Labute approximate surface area is 223 Å². The van der Waals surface area contributed by atoms with Crippen molar-refractivity contribution in [2.45, 2.75) is 19.9 Å². The number of nitrogens with zero attached hydrogens (tertiary/aromatic N) is 6. The molecular formula is C30H24FN7O. The highest BCUT2D eigenvalue weighted by Gasteiger charge is 2.26. The third-order valence-corrected chi connectivity index (χ3v) is 6.66. The second kappa shape index (κ2) is 10.0. The number of halogens is 1. The zero-order chi connectivity index (χ0) is 26.9. The molecule has 192 valence electrons. The van der Waals surface area contributed by atoms with Crippen LogP contribution in [0.3, 0.4) is 0 Å².